The van der Waals surface area contributed by atoms with Gasteiger partial charge in [0.2, 0.25) is 0 Å². The molecule has 1 aliphatic carbocycles. The van der Waals surface area contributed by atoms with Crippen molar-refractivity contribution in [2.75, 3.05) is 0 Å². The molecule has 0 unspecified atom stereocenters. The number of aromatic nitrogens is 2. The van der Waals surface area contributed by atoms with E-state index < -0.39 is 5.41 Å². The highest BCUT2D eigenvalue weighted by atomic mass is 35.5. The highest BCUT2D eigenvalue weighted by molar-refractivity contribution is 6.31. The Hall–Kier alpha value is -2.95. The number of halogens is 2. The molecule has 0 atom stereocenters. The minimum Gasteiger partial charge on any atom is -0.267 e. The Bertz CT molecular complexity index is 1340. The van der Waals surface area contributed by atoms with Crippen LogP contribution in [-0.2, 0) is 11.8 Å². The number of para-hydroxylation sites is 1. The van der Waals surface area contributed by atoms with Gasteiger partial charge in [-0.25, -0.2) is 4.98 Å². The van der Waals surface area contributed by atoms with Gasteiger partial charge in [0.05, 0.1) is 22.0 Å². The molecule has 4 aromatic rings. The number of rotatable bonds is 4. The van der Waals surface area contributed by atoms with Crippen LogP contribution in [0.2, 0.25) is 10.0 Å². The molecule has 0 saturated heterocycles. The molecule has 1 aliphatic rings. The molecule has 32 heavy (non-hydrogen) atoms. The molecule has 6 heteroatoms. The van der Waals surface area contributed by atoms with Crippen molar-refractivity contribution < 1.29 is 0 Å². The Kier molecular flexibility index (Phi) is 5.36. The predicted octanol–water partition coefficient (Wildman–Crippen LogP) is 6.25. The summed E-state index contributed by atoms with van der Waals surface area (Å²) in [4.78, 5) is 18.0. The molecule has 1 saturated carbocycles. The fraction of sp³-hybridized carbons (Fsp3) is 0.192. The van der Waals surface area contributed by atoms with E-state index >= 15 is 0 Å². The summed E-state index contributed by atoms with van der Waals surface area (Å²) in [5.74, 6) is 0.647. The second kappa shape index (κ2) is 8.19. The summed E-state index contributed by atoms with van der Waals surface area (Å²) in [6, 6.07) is 23.1. The summed E-state index contributed by atoms with van der Waals surface area (Å²) in [6.07, 6.45) is 2.27. The minimum atomic E-state index is -0.439. The number of hydrogen-bond donors (Lipinski definition) is 0. The third kappa shape index (κ3) is 3.35. The molecule has 0 N–H and O–H groups in total. The van der Waals surface area contributed by atoms with Gasteiger partial charge in [-0.3, -0.25) is 4.79 Å². The van der Waals surface area contributed by atoms with Crippen molar-refractivity contribution in [3.05, 3.63) is 110 Å². The topological polar surface area (TPSA) is 47.2 Å². The van der Waals surface area contributed by atoms with Gasteiger partial charge >= 0.3 is 0 Å². The van der Waals surface area contributed by atoms with Crippen LogP contribution in [0.1, 0.15) is 36.7 Å². The first-order valence-corrected chi connectivity index (χ1v) is 11.4. The largest absolute Gasteiger partial charge is 0.282 e. The van der Waals surface area contributed by atoms with E-state index in [1.54, 1.807) is 6.07 Å². The standard InChI is InChI=1S/C26H21Cl2N3O/c1-2-24-29-22-6-4-3-5-21(22)25(32)31(24)30-23-15-16-26(23,17-7-11-19(27)12-8-17)18-9-13-20(28)14-10-18/h3-14H,2,15-16H2,1H3/b30-23-. The van der Waals surface area contributed by atoms with Crippen molar-refractivity contribution in [2.45, 2.75) is 31.6 Å². The van der Waals surface area contributed by atoms with E-state index in [9.17, 15) is 4.79 Å². The summed E-state index contributed by atoms with van der Waals surface area (Å²) in [5.41, 5.74) is 3.22. The van der Waals surface area contributed by atoms with Crippen molar-refractivity contribution in [2.24, 2.45) is 5.10 Å². The smallest absolute Gasteiger partial charge is 0.267 e. The van der Waals surface area contributed by atoms with Crippen LogP contribution >= 0.6 is 23.2 Å². The molecule has 3 aromatic carbocycles. The normalized spacial score (nSPS) is 16.3. The highest BCUT2D eigenvalue weighted by Crippen LogP contribution is 2.47. The van der Waals surface area contributed by atoms with Gasteiger partial charge in [0.1, 0.15) is 5.82 Å². The van der Waals surface area contributed by atoms with Crippen LogP contribution in [0.5, 0.6) is 0 Å². The molecule has 1 heterocycles. The lowest BCUT2D eigenvalue weighted by Gasteiger charge is -2.44. The Balaban J connectivity index is 1.74. The molecule has 160 valence electrons. The molecule has 5 rings (SSSR count). The molecular formula is C26H21Cl2N3O. The van der Waals surface area contributed by atoms with E-state index in [0.717, 1.165) is 29.7 Å². The highest BCUT2D eigenvalue weighted by Gasteiger charge is 2.47. The molecule has 0 bridgehead atoms. The number of fused-ring (bicyclic) bond motifs is 1. The zero-order valence-corrected chi connectivity index (χ0v) is 19.1. The third-order valence-electron chi connectivity index (χ3n) is 6.26. The summed E-state index contributed by atoms with van der Waals surface area (Å²) in [7, 11) is 0. The SMILES string of the molecule is CCc1nc2ccccc2c(=O)n1/N=C1/CCC1(c1ccc(Cl)cc1)c1ccc(Cl)cc1. The Morgan fingerprint density at radius 1 is 0.938 bits per heavy atom. The van der Waals surface area contributed by atoms with Crippen LogP contribution in [-0.4, -0.2) is 15.4 Å². The first-order valence-electron chi connectivity index (χ1n) is 10.6. The molecule has 0 spiro atoms. The maximum Gasteiger partial charge on any atom is 0.282 e. The molecule has 1 fully saturated rings. The van der Waals surface area contributed by atoms with Crippen molar-refractivity contribution in [3.63, 3.8) is 0 Å². The van der Waals surface area contributed by atoms with Gasteiger partial charge in [-0.15, -0.1) is 0 Å². The monoisotopic (exact) mass is 461 g/mol. The average Bonchev–Trinajstić information content (AvgIpc) is 2.80. The van der Waals surface area contributed by atoms with Crippen LogP contribution in [0.4, 0.5) is 0 Å². The molecular weight excluding hydrogens is 441 g/mol. The van der Waals surface area contributed by atoms with E-state index in [1.807, 2.05) is 73.7 Å². The maximum absolute atomic E-state index is 13.3. The van der Waals surface area contributed by atoms with Crippen LogP contribution in [0.15, 0.2) is 82.7 Å². The quantitative estimate of drug-likeness (QED) is 0.360. The zero-order chi connectivity index (χ0) is 22.3. The maximum atomic E-state index is 13.3. The Morgan fingerprint density at radius 3 is 2.06 bits per heavy atom. The van der Waals surface area contributed by atoms with Gasteiger partial charge in [0.15, 0.2) is 0 Å². The van der Waals surface area contributed by atoms with E-state index in [2.05, 4.69) is 0 Å². The zero-order valence-electron chi connectivity index (χ0n) is 17.6. The lowest BCUT2D eigenvalue weighted by atomic mass is 9.59. The van der Waals surface area contributed by atoms with E-state index in [1.165, 1.54) is 4.68 Å². The van der Waals surface area contributed by atoms with Gasteiger partial charge in [-0.05, 0) is 60.4 Å². The average molecular weight is 462 g/mol. The van der Waals surface area contributed by atoms with Crippen molar-refractivity contribution in [3.8, 4) is 0 Å². The summed E-state index contributed by atoms with van der Waals surface area (Å²) >= 11 is 12.3. The molecule has 0 aliphatic heterocycles. The second-order valence-corrected chi connectivity index (χ2v) is 8.85. The summed E-state index contributed by atoms with van der Waals surface area (Å²) in [6.45, 7) is 1.99. The second-order valence-electron chi connectivity index (χ2n) is 7.98. The third-order valence-corrected chi connectivity index (χ3v) is 6.77. The van der Waals surface area contributed by atoms with Crippen molar-refractivity contribution in [1.82, 2.24) is 9.66 Å². The molecule has 1 aromatic heterocycles. The van der Waals surface area contributed by atoms with Crippen LogP contribution in [0.25, 0.3) is 10.9 Å². The summed E-state index contributed by atoms with van der Waals surface area (Å²) < 4.78 is 1.48. The first-order chi connectivity index (χ1) is 15.5. The van der Waals surface area contributed by atoms with Gasteiger partial charge in [0, 0.05) is 16.5 Å². The minimum absolute atomic E-state index is 0.145. The van der Waals surface area contributed by atoms with E-state index in [4.69, 9.17) is 33.3 Å². The number of hydrogen-bond acceptors (Lipinski definition) is 3. The van der Waals surface area contributed by atoms with Crippen LogP contribution in [0, 0.1) is 0 Å². The molecule has 0 amide bonds. The molecule has 0 radical (unpaired) electrons. The Morgan fingerprint density at radius 2 is 1.53 bits per heavy atom. The Labute approximate surface area is 196 Å². The van der Waals surface area contributed by atoms with Crippen LogP contribution < -0.4 is 5.56 Å². The fourth-order valence-corrected chi connectivity index (χ4v) is 4.75. The number of nitrogens with zero attached hydrogens (tertiary/aromatic N) is 3. The van der Waals surface area contributed by atoms with Crippen LogP contribution in [0.3, 0.4) is 0 Å². The van der Waals surface area contributed by atoms with E-state index in [0.29, 0.717) is 33.2 Å². The van der Waals surface area contributed by atoms with E-state index in [-0.39, 0.29) is 5.56 Å². The van der Waals surface area contributed by atoms with Gasteiger partial charge in [-0.1, -0.05) is 66.5 Å². The summed E-state index contributed by atoms with van der Waals surface area (Å²) in [5, 5.41) is 6.86. The van der Waals surface area contributed by atoms with Crippen molar-refractivity contribution >= 4 is 39.8 Å². The first kappa shape index (κ1) is 20.9. The number of aryl methyl sites for hydroxylation is 1. The molecule has 4 nitrogen and oxygen atoms in total. The lowest BCUT2D eigenvalue weighted by Crippen LogP contribution is -2.47. The fourth-order valence-electron chi connectivity index (χ4n) is 4.50. The van der Waals surface area contributed by atoms with Gasteiger partial charge < -0.3 is 0 Å². The van der Waals surface area contributed by atoms with Gasteiger partial charge in [-0.2, -0.15) is 9.78 Å². The van der Waals surface area contributed by atoms with Crippen molar-refractivity contribution in [1.29, 1.82) is 0 Å². The number of benzene rings is 3. The lowest BCUT2D eigenvalue weighted by molar-refractivity contribution is 0.528. The predicted molar refractivity (Wildman–Crippen MR) is 131 cm³/mol. The van der Waals surface area contributed by atoms with Gasteiger partial charge in [0.25, 0.3) is 5.56 Å².